The number of nitrogens with one attached hydrogen (secondary N) is 1. The number of aryl methyl sites for hydroxylation is 1. The maximum atomic E-state index is 8.91. The quantitative estimate of drug-likeness (QED) is 0.630. The Morgan fingerprint density at radius 1 is 1.77 bits per heavy atom. The third-order valence-electron chi connectivity index (χ3n) is 1.71. The fourth-order valence-electron chi connectivity index (χ4n) is 0.806. The van der Waals surface area contributed by atoms with E-state index in [0.717, 1.165) is 10.9 Å². The molecule has 0 radical (unpaired) electrons. The summed E-state index contributed by atoms with van der Waals surface area (Å²) in [5.74, 6) is 0.791. The molecule has 0 aliphatic carbocycles. The fraction of sp³-hybridized carbons (Fsp3) is 0.714. The van der Waals surface area contributed by atoms with Crippen molar-refractivity contribution in [3.05, 3.63) is 6.33 Å². The molecule has 5 nitrogen and oxygen atoms in total. The lowest BCUT2D eigenvalue weighted by Gasteiger charge is -2.11. The molecular formula is C7H14N4OS. The van der Waals surface area contributed by atoms with Crippen LogP contribution in [-0.2, 0) is 7.05 Å². The van der Waals surface area contributed by atoms with Crippen LogP contribution in [0.15, 0.2) is 11.5 Å². The van der Waals surface area contributed by atoms with Gasteiger partial charge < -0.3 is 15.0 Å². The van der Waals surface area contributed by atoms with Crippen molar-refractivity contribution >= 4 is 11.8 Å². The molecule has 13 heavy (non-hydrogen) atoms. The first-order valence-electron chi connectivity index (χ1n) is 4.03. The van der Waals surface area contributed by atoms with Crippen molar-refractivity contribution in [1.82, 2.24) is 20.1 Å². The van der Waals surface area contributed by atoms with Crippen LogP contribution < -0.4 is 5.32 Å². The highest BCUT2D eigenvalue weighted by Gasteiger charge is 2.07. The lowest BCUT2D eigenvalue weighted by atomic mass is 10.4. The minimum atomic E-state index is 0.113. The summed E-state index contributed by atoms with van der Waals surface area (Å²) in [6.45, 7) is 0.140. The topological polar surface area (TPSA) is 63.0 Å². The minimum Gasteiger partial charge on any atom is -0.395 e. The van der Waals surface area contributed by atoms with Crippen LogP contribution in [0.4, 0.5) is 0 Å². The van der Waals surface area contributed by atoms with Gasteiger partial charge in [0.15, 0.2) is 5.16 Å². The van der Waals surface area contributed by atoms with Crippen LogP contribution in [0.3, 0.4) is 0 Å². The van der Waals surface area contributed by atoms with Gasteiger partial charge in [-0.2, -0.15) is 0 Å². The molecule has 1 aromatic heterocycles. The van der Waals surface area contributed by atoms with Gasteiger partial charge in [0, 0.05) is 18.8 Å². The maximum Gasteiger partial charge on any atom is 0.190 e. The molecule has 0 aliphatic heterocycles. The first-order valence-corrected chi connectivity index (χ1v) is 5.01. The van der Waals surface area contributed by atoms with Gasteiger partial charge in [-0.1, -0.05) is 11.8 Å². The van der Waals surface area contributed by atoms with Gasteiger partial charge in [-0.3, -0.25) is 0 Å². The Bertz CT molecular complexity index is 248. The van der Waals surface area contributed by atoms with Crippen molar-refractivity contribution in [2.24, 2.45) is 7.05 Å². The van der Waals surface area contributed by atoms with E-state index in [9.17, 15) is 0 Å². The van der Waals surface area contributed by atoms with E-state index in [2.05, 4.69) is 15.5 Å². The van der Waals surface area contributed by atoms with Crippen molar-refractivity contribution in [2.75, 3.05) is 19.4 Å². The van der Waals surface area contributed by atoms with Crippen LogP contribution in [0.25, 0.3) is 0 Å². The van der Waals surface area contributed by atoms with Gasteiger partial charge in [0.25, 0.3) is 0 Å². The zero-order valence-corrected chi connectivity index (χ0v) is 8.58. The van der Waals surface area contributed by atoms with Crippen molar-refractivity contribution in [1.29, 1.82) is 0 Å². The van der Waals surface area contributed by atoms with Crippen LogP contribution >= 0.6 is 11.8 Å². The van der Waals surface area contributed by atoms with Crippen molar-refractivity contribution in [2.45, 2.75) is 11.2 Å². The monoisotopic (exact) mass is 202 g/mol. The lowest BCUT2D eigenvalue weighted by Crippen LogP contribution is -2.31. The lowest BCUT2D eigenvalue weighted by molar-refractivity contribution is 0.260. The fourth-order valence-corrected chi connectivity index (χ4v) is 1.78. The van der Waals surface area contributed by atoms with Gasteiger partial charge >= 0.3 is 0 Å². The SMILES string of the molecule is CNC(CO)CSc1nncn1C. The van der Waals surface area contributed by atoms with Gasteiger partial charge in [-0.25, -0.2) is 0 Å². The van der Waals surface area contributed by atoms with Crippen LogP contribution in [0.5, 0.6) is 0 Å². The molecule has 0 amide bonds. The summed E-state index contributed by atoms with van der Waals surface area (Å²) in [7, 11) is 3.73. The molecule has 6 heteroatoms. The van der Waals surface area contributed by atoms with E-state index >= 15 is 0 Å². The molecule has 0 saturated heterocycles. The summed E-state index contributed by atoms with van der Waals surface area (Å²) >= 11 is 1.58. The van der Waals surface area contributed by atoms with E-state index in [1.807, 2.05) is 18.7 Å². The smallest absolute Gasteiger partial charge is 0.190 e. The summed E-state index contributed by atoms with van der Waals surface area (Å²) in [4.78, 5) is 0. The minimum absolute atomic E-state index is 0.113. The van der Waals surface area contributed by atoms with Crippen LogP contribution in [-0.4, -0.2) is 45.3 Å². The Labute approximate surface area is 81.6 Å². The second-order valence-electron chi connectivity index (χ2n) is 2.70. The Hall–Kier alpha value is -0.590. The Balaban J connectivity index is 2.38. The number of rotatable bonds is 5. The number of hydrogen-bond donors (Lipinski definition) is 2. The molecule has 0 saturated carbocycles. The summed E-state index contributed by atoms with van der Waals surface area (Å²) in [5.41, 5.74) is 0. The summed E-state index contributed by atoms with van der Waals surface area (Å²) in [5, 5.41) is 20.5. The van der Waals surface area contributed by atoms with E-state index < -0.39 is 0 Å². The number of hydrogen-bond acceptors (Lipinski definition) is 5. The second kappa shape index (κ2) is 5.21. The van der Waals surface area contributed by atoms with Crippen LogP contribution in [0.2, 0.25) is 0 Å². The third-order valence-corrected chi connectivity index (χ3v) is 2.91. The summed E-state index contributed by atoms with van der Waals surface area (Å²) in [6, 6.07) is 0.113. The molecule has 0 fully saturated rings. The van der Waals surface area contributed by atoms with E-state index in [1.54, 1.807) is 18.1 Å². The summed E-state index contributed by atoms with van der Waals surface area (Å²) < 4.78 is 1.86. The molecule has 1 heterocycles. The molecule has 0 bridgehead atoms. The van der Waals surface area contributed by atoms with Gasteiger partial charge in [-0.05, 0) is 7.05 Å². The molecule has 0 aliphatic rings. The predicted octanol–water partition coefficient (Wildman–Crippen LogP) is -0.513. The average molecular weight is 202 g/mol. The number of aliphatic hydroxyl groups excluding tert-OH is 1. The third kappa shape index (κ3) is 2.98. The van der Waals surface area contributed by atoms with Crippen molar-refractivity contribution in [3.63, 3.8) is 0 Å². The highest BCUT2D eigenvalue weighted by atomic mass is 32.2. The zero-order valence-electron chi connectivity index (χ0n) is 7.77. The standard InChI is InChI=1S/C7H14N4OS/c1-8-6(3-12)4-13-7-10-9-5-11(7)2/h5-6,8,12H,3-4H2,1-2H3. The normalized spacial score (nSPS) is 13.2. The van der Waals surface area contributed by atoms with Gasteiger partial charge in [0.1, 0.15) is 6.33 Å². The number of likely N-dealkylation sites (N-methyl/N-ethyl adjacent to an activating group) is 1. The van der Waals surface area contributed by atoms with E-state index in [4.69, 9.17) is 5.11 Å². The van der Waals surface area contributed by atoms with E-state index in [0.29, 0.717) is 0 Å². The largest absolute Gasteiger partial charge is 0.395 e. The number of aromatic nitrogens is 3. The number of thioether (sulfide) groups is 1. The Morgan fingerprint density at radius 2 is 2.54 bits per heavy atom. The maximum absolute atomic E-state index is 8.91. The first-order chi connectivity index (χ1) is 6.27. The Kier molecular flexibility index (Phi) is 4.20. The van der Waals surface area contributed by atoms with E-state index in [1.165, 1.54) is 0 Å². The molecule has 0 spiro atoms. The zero-order chi connectivity index (χ0) is 9.68. The molecule has 1 rings (SSSR count). The number of aliphatic hydroxyl groups is 1. The Morgan fingerprint density at radius 3 is 3.00 bits per heavy atom. The summed E-state index contributed by atoms with van der Waals surface area (Å²) in [6.07, 6.45) is 1.66. The molecular weight excluding hydrogens is 188 g/mol. The van der Waals surface area contributed by atoms with Crippen molar-refractivity contribution < 1.29 is 5.11 Å². The van der Waals surface area contributed by atoms with Crippen LogP contribution in [0.1, 0.15) is 0 Å². The second-order valence-corrected chi connectivity index (χ2v) is 3.69. The average Bonchev–Trinajstić information content (AvgIpc) is 2.54. The molecule has 74 valence electrons. The van der Waals surface area contributed by atoms with Gasteiger partial charge in [0.2, 0.25) is 0 Å². The first kappa shape index (κ1) is 10.5. The van der Waals surface area contributed by atoms with Gasteiger partial charge in [0.05, 0.1) is 6.61 Å². The van der Waals surface area contributed by atoms with Crippen molar-refractivity contribution in [3.8, 4) is 0 Å². The highest BCUT2D eigenvalue weighted by Crippen LogP contribution is 2.13. The molecule has 1 atom stereocenters. The molecule has 0 aromatic carbocycles. The van der Waals surface area contributed by atoms with Gasteiger partial charge in [-0.15, -0.1) is 10.2 Å². The molecule has 1 unspecified atom stereocenters. The molecule has 2 N–H and O–H groups in total. The predicted molar refractivity (Wildman–Crippen MR) is 51.7 cm³/mol. The van der Waals surface area contributed by atoms with E-state index in [-0.39, 0.29) is 12.6 Å². The number of nitrogens with zero attached hydrogens (tertiary/aromatic N) is 3. The highest BCUT2D eigenvalue weighted by molar-refractivity contribution is 7.99. The molecule has 1 aromatic rings. The van der Waals surface area contributed by atoms with Crippen LogP contribution in [0, 0.1) is 0 Å².